The minimum absolute atomic E-state index is 0.0268. The van der Waals surface area contributed by atoms with Crippen molar-refractivity contribution in [3.63, 3.8) is 0 Å². The molecule has 0 bridgehead atoms. The predicted molar refractivity (Wildman–Crippen MR) is 141 cm³/mol. The summed E-state index contributed by atoms with van der Waals surface area (Å²) in [6.45, 7) is 7.17. The normalized spacial score (nSPS) is 14.9. The van der Waals surface area contributed by atoms with Gasteiger partial charge in [0.1, 0.15) is 12.3 Å². The summed E-state index contributed by atoms with van der Waals surface area (Å²) in [4.78, 5) is 46.6. The molecule has 9 nitrogen and oxygen atoms in total. The first-order chi connectivity index (χ1) is 18.0. The van der Waals surface area contributed by atoms with Gasteiger partial charge >= 0.3 is 0 Å². The van der Waals surface area contributed by atoms with Crippen LogP contribution in [0.15, 0.2) is 35.7 Å². The van der Waals surface area contributed by atoms with Gasteiger partial charge in [-0.2, -0.15) is 0 Å². The van der Waals surface area contributed by atoms with Gasteiger partial charge < -0.3 is 24.0 Å². The molecule has 1 aliphatic rings. The fraction of sp³-hybridized carbons (Fsp3) is 0.556. The number of ether oxygens (including phenoxy) is 3. The number of Topliss-reactive ketones (excluding diaryl/α,β-unsaturated/α-hetero) is 1. The lowest BCUT2D eigenvalue weighted by molar-refractivity contribution is -0.137. The quantitative estimate of drug-likeness (QED) is 0.273. The Kier molecular flexibility index (Phi) is 11.7. The Morgan fingerprint density at radius 3 is 2.43 bits per heavy atom. The van der Waals surface area contributed by atoms with Crippen LogP contribution in [0.5, 0.6) is 0 Å². The van der Waals surface area contributed by atoms with Crippen LogP contribution in [0, 0.1) is 0 Å². The van der Waals surface area contributed by atoms with Crippen molar-refractivity contribution in [1.82, 2.24) is 14.8 Å². The molecule has 1 fully saturated rings. The third-order valence-electron chi connectivity index (χ3n) is 6.47. The first-order valence-electron chi connectivity index (χ1n) is 12.7. The van der Waals surface area contributed by atoms with Gasteiger partial charge in [0.15, 0.2) is 5.78 Å². The van der Waals surface area contributed by atoms with Gasteiger partial charge in [-0.1, -0.05) is 30.3 Å². The van der Waals surface area contributed by atoms with E-state index in [9.17, 15) is 14.4 Å². The van der Waals surface area contributed by atoms with E-state index < -0.39 is 6.04 Å². The number of benzene rings is 1. The monoisotopic (exact) mass is 531 g/mol. The molecule has 0 aliphatic carbocycles. The van der Waals surface area contributed by atoms with Gasteiger partial charge in [-0.15, -0.1) is 11.3 Å². The van der Waals surface area contributed by atoms with Gasteiger partial charge in [0.2, 0.25) is 5.91 Å². The van der Waals surface area contributed by atoms with Crippen molar-refractivity contribution in [3.05, 3.63) is 52.0 Å². The van der Waals surface area contributed by atoms with E-state index in [0.717, 1.165) is 17.8 Å². The Hall–Kier alpha value is -2.66. The fourth-order valence-corrected chi connectivity index (χ4v) is 5.25. The summed E-state index contributed by atoms with van der Waals surface area (Å²) in [5.74, 6) is -0.159. The molecule has 2 aromatic rings. The number of likely N-dealkylation sites (tertiary alicyclic amines) is 1. The first kappa shape index (κ1) is 28.9. The number of ketones is 1. The zero-order chi connectivity index (χ0) is 26.6. The van der Waals surface area contributed by atoms with Crippen LogP contribution in [0.3, 0.4) is 0 Å². The summed E-state index contributed by atoms with van der Waals surface area (Å²) >= 11 is 1.47. The highest BCUT2D eigenvalue weighted by Gasteiger charge is 2.30. The molecule has 0 spiro atoms. The van der Waals surface area contributed by atoms with Crippen LogP contribution in [0.4, 0.5) is 0 Å². The molecule has 202 valence electrons. The second-order valence-electron chi connectivity index (χ2n) is 8.88. The molecule has 1 atom stereocenters. The summed E-state index contributed by atoms with van der Waals surface area (Å²) < 4.78 is 15.7. The number of rotatable bonds is 14. The molecule has 37 heavy (non-hydrogen) atoms. The number of thiazole rings is 1. The Balaban J connectivity index is 1.47. The lowest BCUT2D eigenvalue weighted by atomic mass is 9.97. The molecular weight excluding hydrogens is 494 g/mol. The number of hydrogen-bond acceptors (Lipinski definition) is 8. The van der Waals surface area contributed by atoms with E-state index >= 15 is 0 Å². The number of piperidine rings is 1. The van der Waals surface area contributed by atoms with Gasteiger partial charge in [0, 0.05) is 43.6 Å². The van der Waals surface area contributed by atoms with Crippen LogP contribution in [0.2, 0.25) is 0 Å². The molecule has 1 unspecified atom stereocenters. The smallest absolute Gasteiger partial charge is 0.273 e. The molecule has 10 heteroatoms. The third kappa shape index (κ3) is 8.16. The summed E-state index contributed by atoms with van der Waals surface area (Å²) in [5.41, 5.74) is 0.955. The van der Waals surface area contributed by atoms with Crippen LogP contribution in [0.1, 0.15) is 58.5 Å². The number of methoxy groups -OCH3 is 1. The first-order valence-corrected chi connectivity index (χ1v) is 13.6. The number of aromatic nitrogens is 1. The zero-order valence-electron chi connectivity index (χ0n) is 21.9. The minimum Gasteiger partial charge on any atom is -0.382 e. The Morgan fingerprint density at radius 2 is 1.76 bits per heavy atom. The standard InChI is InChI=1S/C27H37N3O6S/c1-4-30(20(2)25(32)21-8-6-5-7-9-21)27(33)23-19-37-26(28-23)22-10-12-29(13-11-22)24(31)18-36-17-16-35-15-14-34-3/h5-9,19-20,22H,4,10-18H2,1-3H3. The van der Waals surface area contributed by atoms with Gasteiger partial charge in [-0.05, 0) is 26.7 Å². The fourth-order valence-electron chi connectivity index (χ4n) is 4.29. The number of amides is 2. The molecule has 1 aromatic heterocycles. The van der Waals surface area contributed by atoms with Crippen LogP contribution in [-0.2, 0) is 19.0 Å². The Labute approximate surface area is 222 Å². The van der Waals surface area contributed by atoms with Crippen molar-refractivity contribution in [2.45, 2.75) is 38.6 Å². The summed E-state index contributed by atoms with van der Waals surface area (Å²) in [6.07, 6.45) is 1.57. The van der Waals surface area contributed by atoms with E-state index in [-0.39, 0.29) is 30.1 Å². The molecule has 1 aromatic carbocycles. The number of likely N-dealkylation sites (N-methyl/N-ethyl adjacent to an activating group) is 1. The van der Waals surface area contributed by atoms with E-state index in [0.29, 0.717) is 57.3 Å². The lowest BCUT2D eigenvalue weighted by Gasteiger charge is -2.31. The molecule has 1 aliphatic heterocycles. The average molecular weight is 532 g/mol. The maximum Gasteiger partial charge on any atom is 0.273 e. The third-order valence-corrected chi connectivity index (χ3v) is 7.48. The summed E-state index contributed by atoms with van der Waals surface area (Å²) in [6, 6.07) is 8.44. The van der Waals surface area contributed by atoms with Crippen molar-refractivity contribution in [2.75, 3.05) is 59.8 Å². The highest BCUT2D eigenvalue weighted by atomic mass is 32.1. The number of carbonyl (C=O) groups excluding carboxylic acids is 3. The average Bonchev–Trinajstić information content (AvgIpc) is 3.43. The molecule has 0 saturated carbocycles. The summed E-state index contributed by atoms with van der Waals surface area (Å²) in [7, 11) is 1.62. The largest absolute Gasteiger partial charge is 0.382 e. The van der Waals surface area contributed by atoms with Gasteiger partial charge in [0.05, 0.1) is 37.5 Å². The van der Waals surface area contributed by atoms with Crippen molar-refractivity contribution in [1.29, 1.82) is 0 Å². The molecule has 0 N–H and O–H groups in total. The topological polar surface area (TPSA) is 98.3 Å². The van der Waals surface area contributed by atoms with Crippen molar-refractivity contribution in [2.24, 2.45) is 0 Å². The minimum atomic E-state index is -0.585. The van der Waals surface area contributed by atoms with E-state index in [2.05, 4.69) is 4.98 Å². The van der Waals surface area contributed by atoms with Gasteiger partial charge in [-0.25, -0.2) is 4.98 Å². The van der Waals surface area contributed by atoms with Gasteiger partial charge in [0.25, 0.3) is 5.91 Å². The number of carbonyl (C=O) groups is 3. The highest BCUT2D eigenvalue weighted by molar-refractivity contribution is 7.09. The predicted octanol–water partition coefficient (Wildman–Crippen LogP) is 3.26. The van der Waals surface area contributed by atoms with Crippen molar-refractivity contribution < 1.29 is 28.6 Å². The van der Waals surface area contributed by atoms with Gasteiger partial charge in [-0.3, -0.25) is 14.4 Å². The molecule has 2 heterocycles. The molecule has 0 radical (unpaired) electrons. The SMILES string of the molecule is CCN(C(=O)c1csc(C2CCN(C(=O)COCCOCCOC)CC2)n1)C(C)C(=O)c1ccccc1. The van der Waals surface area contributed by atoms with Crippen LogP contribution < -0.4 is 0 Å². The maximum absolute atomic E-state index is 13.2. The maximum atomic E-state index is 13.2. The van der Waals surface area contributed by atoms with E-state index in [1.165, 1.54) is 11.3 Å². The second-order valence-corrected chi connectivity index (χ2v) is 9.77. The van der Waals surface area contributed by atoms with Crippen LogP contribution in [0.25, 0.3) is 0 Å². The summed E-state index contributed by atoms with van der Waals surface area (Å²) in [5, 5.41) is 2.68. The van der Waals surface area contributed by atoms with Crippen molar-refractivity contribution >= 4 is 28.9 Å². The second kappa shape index (κ2) is 14.9. The molecule has 1 saturated heterocycles. The molecular formula is C27H37N3O6S. The van der Waals surface area contributed by atoms with Crippen LogP contribution >= 0.6 is 11.3 Å². The Bertz CT molecular complexity index is 1010. The Morgan fingerprint density at radius 1 is 1.08 bits per heavy atom. The lowest BCUT2D eigenvalue weighted by Crippen LogP contribution is -2.43. The van der Waals surface area contributed by atoms with E-state index in [1.807, 2.05) is 30.0 Å². The highest BCUT2D eigenvalue weighted by Crippen LogP contribution is 2.31. The molecule has 2 amide bonds. The van der Waals surface area contributed by atoms with Crippen LogP contribution in [-0.4, -0.2) is 98.2 Å². The number of hydrogen-bond donors (Lipinski definition) is 0. The van der Waals surface area contributed by atoms with E-state index in [4.69, 9.17) is 14.2 Å². The number of nitrogens with zero attached hydrogens (tertiary/aromatic N) is 3. The zero-order valence-corrected chi connectivity index (χ0v) is 22.7. The van der Waals surface area contributed by atoms with E-state index in [1.54, 1.807) is 36.4 Å². The molecule has 3 rings (SSSR count). The van der Waals surface area contributed by atoms with Crippen molar-refractivity contribution in [3.8, 4) is 0 Å².